The Kier molecular flexibility index (Phi) is 3.06. The van der Waals surface area contributed by atoms with Gasteiger partial charge in [-0.25, -0.2) is 9.97 Å². The number of alkyl halides is 3. The Morgan fingerprint density at radius 1 is 1.16 bits per heavy atom. The van der Waals surface area contributed by atoms with Gasteiger partial charge in [-0.3, -0.25) is 0 Å². The molecular formula is C11H13F3N4O. The van der Waals surface area contributed by atoms with Gasteiger partial charge in [-0.1, -0.05) is 0 Å². The van der Waals surface area contributed by atoms with Crippen LogP contribution in [-0.2, 0) is 10.9 Å². The molecule has 3 heterocycles. The molecule has 1 N–H and O–H groups in total. The second kappa shape index (κ2) is 4.61. The molecule has 2 aliphatic heterocycles. The van der Waals surface area contributed by atoms with E-state index in [0.717, 1.165) is 25.5 Å². The van der Waals surface area contributed by atoms with Crippen molar-refractivity contribution in [3.8, 4) is 0 Å². The predicted octanol–water partition coefficient (Wildman–Crippen LogP) is 0.672. The van der Waals surface area contributed by atoms with Crippen molar-refractivity contribution in [3.05, 3.63) is 18.0 Å². The topological polar surface area (TPSA) is 50.3 Å². The number of piperazine rings is 1. The summed E-state index contributed by atoms with van der Waals surface area (Å²) < 4.78 is 42.9. The van der Waals surface area contributed by atoms with Crippen molar-refractivity contribution in [1.29, 1.82) is 0 Å². The lowest BCUT2D eigenvalue weighted by molar-refractivity contribution is -0.138. The summed E-state index contributed by atoms with van der Waals surface area (Å²) in [6, 6.07) is 0.147. The van der Waals surface area contributed by atoms with Gasteiger partial charge in [0.15, 0.2) is 0 Å². The van der Waals surface area contributed by atoms with E-state index < -0.39 is 11.7 Å². The molecule has 0 amide bonds. The van der Waals surface area contributed by atoms with Crippen LogP contribution >= 0.6 is 0 Å². The number of halogens is 3. The van der Waals surface area contributed by atoms with Crippen LogP contribution in [0.1, 0.15) is 5.56 Å². The fraction of sp³-hybridized carbons (Fsp3) is 0.636. The quantitative estimate of drug-likeness (QED) is 0.816. The highest BCUT2D eigenvalue weighted by Gasteiger charge is 2.37. The Morgan fingerprint density at radius 3 is 2.26 bits per heavy atom. The van der Waals surface area contributed by atoms with Crippen molar-refractivity contribution < 1.29 is 17.9 Å². The third-order valence-electron chi connectivity index (χ3n) is 3.36. The van der Waals surface area contributed by atoms with E-state index >= 15 is 0 Å². The van der Waals surface area contributed by atoms with Crippen LogP contribution in [0.25, 0.3) is 0 Å². The number of aromatic nitrogens is 2. The molecule has 5 nitrogen and oxygen atoms in total. The van der Waals surface area contributed by atoms with Crippen LogP contribution in [0.4, 0.5) is 19.1 Å². The molecule has 2 atom stereocenters. The smallest absolute Gasteiger partial charge is 0.377 e. The highest BCUT2D eigenvalue weighted by molar-refractivity contribution is 5.36. The van der Waals surface area contributed by atoms with E-state index in [4.69, 9.17) is 4.74 Å². The summed E-state index contributed by atoms with van der Waals surface area (Å²) in [6.45, 7) is 2.52. The summed E-state index contributed by atoms with van der Waals surface area (Å²) in [7, 11) is 0. The highest BCUT2D eigenvalue weighted by atomic mass is 19.4. The summed E-state index contributed by atoms with van der Waals surface area (Å²) in [5.41, 5.74) is -0.826. The lowest BCUT2D eigenvalue weighted by Gasteiger charge is -2.45. The van der Waals surface area contributed by atoms with Crippen LogP contribution in [0.5, 0.6) is 0 Å². The van der Waals surface area contributed by atoms with Gasteiger partial charge >= 0.3 is 6.18 Å². The standard InChI is InChI=1S/C11H13F3N4O/c12-11(13,14)7-1-16-10(17-2-7)18-8-3-15-4-9(18)6-19-5-8/h1-2,8-9,15H,3-6H2. The molecule has 2 fully saturated rings. The Balaban J connectivity index is 1.85. The Bertz CT molecular complexity index is 428. The number of nitrogens with zero attached hydrogens (tertiary/aromatic N) is 3. The van der Waals surface area contributed by atoms with Crippen LogP contribution in [-0.4, -0.2) is 48.4 Å². The van der Waals surface area contributed by atoms with Gasteiger partial charge < -0.3 is 15.0 Å². The summed E-state index contributed by atoms with van der Waals surface area (Å²) in [5.74, 6) is 0.341. The first-order valence-corrected chi connectivity index (χ1v) is 6.02. The number of hydrogen-bond acceptors (Lipinski definition) is 5. The van der Waals surface area contributed by atoms with Gasteiger partial charge in [0.1, 0.15) is 0 Å². The highest BCUT2D eigenvalue weighted by Crippen LogP contribution is 2.29. The monoisotopic (exact) mass is 274 g/mol. The summed E-state index contributed by atoms with van der Waals surface area (Å²) in [5, 5.41) is 3.26. The van der Waals surface area contributed by atoms with Crippen LogP contribution < -0.4 is 10.2 Å². The van der Waals surface area contributed by atoms with Crippen LogP contribution in [0.3, 0.4) is 0 Å². The van der Waals surface area contributed by atoms with Crippen LogP contribution in [0, 0.1) is 0 Å². The number of hydrogen-bond donors (Lipinski definition) is 1. The summed E-state index contributed by atoms with van der Waals surface area (Å²) >= 11 is 0. The number of morpholine rings is 1. The van der Waals surface area contributed by atoms with Gasteiger partial charge in [0.25, 0.3) is 0 Å². The summed E-state index contributed by atoms with van der Waals surface area (Å²) in [4.78, 5) is 9.68. The molecule has 3 rings (SSSR count). The number of anilines is 1. The Hall–Kier alpha value is -1.41. The first kappa shape index (κ1) is 12.6. The van der Waals surface area contributed by atoms with Crippen molar-refractivity contribution in [1.82, 2.24) is 15.3 Å². The first-order valence-electron chi connectivity index (χ1n) is 6.02. The van der Waals surface area contributed by atoms with Gasteiger partial charge in [0.05, 0.1) is 30.9 Å². The minimum Gasteiger partial charge on any atom is -0.377 e. The van der Waals surface area contributed by atoms with Crippen molar-refractivity contribution in [2.45, 2.75) is 18.3 Å². The van der Waals surface area contributed by atoms with E-state index in [9.17, 15) is 13.2 Å². The second-order valence-corrected chi connectivity index (χ2v) is 4.68. The lowest BCUT2D eigenvalue weighted by Crippen LogP contribution is -2.64. The predicted molar refractivity (Wildman–Crippen MR) is 60.8 cm³/mol. The van der Waals surface area contributed by atoms with Gasteiger partial charge in [0.2, 0.25) is 5.95 Å². The maximum Gasteiger partial charge on any atom is 0.419 e. The van der Waals surface area contributed by atoms with E-state index in [1.807, 2.05) is 4.90 Å². The molecule has 0 spiro atoms. The van der Waals surface area contributed by atoms with Gasteiger partial charge in [0, 0.05) is 25.5 Å². The zero-order valence-corrected chi connectivity index (χ0v) is 10.0. The van der Waals surface area contributed by atoms with E-state index in [-0.39, 0.29) is 12.1 Å². The fourth-order valence-corrected chi connectivity index (χ4v) is 2.46. The first-order chi connectivity index (χ1) is 9.05. The van der Waals surface area contributed by atoms with E-state index in [1.165, 1.54) is 0 Å². The van der Waals surface area contributed by atoms with Crippen LogP contribution in [0.2, 0.25) is 0 Å². The largest absolute Gasteiger partial charge is 0.419 e. The molecule has 0 saturated carbocycles. The lowest BCUT2D eigenvalue weighted by atomic mass is 10.1. The number of rotatable bonds is 1. The molecule has 2 unspecified atom stereocenters. The third kappa shape index (κ3) is 2.37. The molecule has 0 radical (unpaired) electrons. The van der Waals surface area contributed by atoms with Crippen molar-refractivity contribution in [3.63, 3.8) is 0 Å². The van der Waals surface area contributed by atoms with E-state index in [1.54, 1.807) is 0 Å². The minimum atomic E-state index is -4.40. The Labute approximate surface area is 107 Å². The average Bonchev–Trinajstić information content (AvgIpc) is 2.37. The second-order valence-electron chi connectivity index (χ2n) is 4.68. The molecule has 0 aliphatic carbocycles. The minimum absolute atomic E-state index is 0.0734. The maximum absolute atomic E-state index is 12.5. The zero-order chi connectivity index (χ0) is 13.5. The van der Waals surface area contributed by atoms with Gasteiger partial charge in [-0.15, -0.1) is 0 Å². The number of nitrogens with one attached hydrogen (secondary N) is 1. The fourth-order valence-electron chi connectivity index (χ4n) is 2.46. The van der Waals surface area contributed by atoms with Gasteiger partial charge in [-0.2, -0.15) is 13.2 Å². The molecule has 1 aromatic rings. The number of ether oxygens (including phenoxy) is 1. The average molecular weight is 274 g/mol. The van der Waals surface area contributed by atoms with Gasteiger partial charge in [-0.05, 0) is 0 Å². The van der Waals surface area contributed by atoms with Crippen molar-refractivity contribution in [2.24, 2.45) is 0 Å². The van der Waals surface area contributed by atoms with Crippen molar-refractivity contribution in [2.75, 3.05) is 31.2 Å². The normalized spacial score (nSPS) is 27.4. The Morgan fingerprint density at radius 2 is 1.74 bits per heavy atom. The molecule has 1 aromatic heterocycles. The number of fused-ring (bicyclic) bond motifs is 2. The third-order valence-corrected chi connectivity index (χ3v) is 3.36. The molecular weight excluding hydrogens is 261 g/mol. The van der Waals surface area contributed by atoms with E-state index in [2.05, 4.69) is 15.3 Å². The zero-order valence-electron chi connectivity index (χ0n) is 10.0. The SMILES string of the molecule is FC(F)(F)c1cnc(N2C3CNCC2COC3)nc1. The summed E-state index contributed by atoms with van der Waals surface area (Å²) in [6.07, 6.45) is -2.73. The molecule has 2 aliphatic rings. The van der Waals surface area contributed by atoms with Crippen LogP contribution in [0.15, 0.2) is 12.4 Å². The molecule has 8 heteroatoms. The molecule has 0 aromatic carbocycles. The molecule has 2 saturated heterocycles. The molecule has 19 heavy (non-hydrogen) atoms. The molecule has 104 valence electrons. The van der Waals surface area contributed by atoms with E-state index in [0.29, 0.717) is 19.2 Å². The maximum atomic E-state index is 12.5. The van der Waals surface area contributed by atoms with Crippen molar-refractivity contribution >= 4 is 5.95 Å². The molecule has 2 bridgehead atoms.